The van der Waals surface area contributed by atoms with Crippen LogP contribution in [0.4, 0.5) is 19.0 Å². The van der Waals surface area contributed by atoms with Gasteiger partial charge in [-0.05, 0) is 18.6 Å². The Labute approximate surface area is 223 Å². The molecule has 1 aromatic heterocycles. The summed E-state index contributed by atoms with van der Waals surface area (Å²) in [4.78, 5) is 33.9. The van der Waals surface area contributed by atoms with Crippen LogP contribution in [0.25, 0.3) is 0 Å². The molecule has 0 bridgehead atoms. The van der Waals surface area contributed by atoms with E-state index in [1.54, 1.807) is 17.0 Å². The van der Waals surface area contributed by atoms with Crippen molar-refractivity contribution in [1.82, 2.24) is 14.8 Å². The van der Waals surface area contributed by atoms with Gasteiger partial charge >= 0.3 is 6.18 Å². The molecule has 2 amide bonds. The number of nitriles is 1. The van der Waals surface area contributed by atoms with Gasteiger partial charge < -0.3 is 24.2 Å². The maximum Gasteiger partial charge on any atom is 0.406 e. The summed E-state index contributed by atoms with van der Waals surface area (Å²) in [5.41, 5.74) is 0.343. The summed E-state index contributed by atoms with van der Waals surface area (Å²) in [6, 6.07) is 5.57. The first-order valence-electron chi connectivity index (χ1n) is 12.8. The molecule has 14 heteroatoms. The van der Waals surface area contributed by atoms with Gasteiger partial charge in [-0.1, -0.05) is 0 Å². The SMILES string of the molecule is N#Cc1ccc(N2CCN(C(=O)CCOCCOCC3CCN(C4=CN=NC(=O)C4C(F)(F)F)C3)CC2)nc1. The minimum atomic E-state index is -4.71. The Kier molecular flexibility index (Phi) is 9.47. The predicted octanol–water partition coefficient (Wildman–Crippen LogP) is 2.36. The van der Waals surface area contributed by atoms with E-state index in [9.17, 15) is 22.8 Å². The molecule has 0 aliphatic carbocycles. The van der Waals surface area contributed by atoms with E-state index in [-0.39, 0.29) is 30.5 Å². The normalized spacial score (nSPS) is 21.7. The van der Waals surface area contributed by atoms with Crippen molar-refractivity contribution in [1.29, 1.82) is 5.26 Å². The molecule has 0 spiro atoms. The zero-order valence-corrected chi connectivity index (χ0v) is 21.3. The van der Waals surface area contributed by atoms with Crippen LogP contribution in [0, 0.1) is 23.2 Å². The number of hydrogen-bond acceptors (Lipinski definition) is 9. The van der Waals surface area contributed by atoms with Gasteiger partial charge in [0.1, 0.15) is 11.9 Å². The fraction of sp³-hybridized carbons (Fsp3) is 0.600. The molecule has 39 heavy (non-hydrogen) atoms. The average Bonchev–Trinajstić information content (AvgIpc) is 3.40. The molecule has 210 valence electrons. The Morgan fingerprint density at radius 2 is 1.85 bits per heavy atom. The summed E-state index contributed by atoms with van der Waals surface area (Å²) in [6.45, 7) is 4.44. The molecule has 4 heterocycles. The molecular weight excluding hydrogens is 519 g/mol. The van der Waals surface area contributed by atoms with Crippen molar-refractivity contribution in [2.45, 2.75) is 19.0 Å². The quantitative estimate of drug-likeness (QED) is 0.408. The number of likely N-dealkylation sites (tertiary alicyclic amines) is 1. The molecule has 4 rings (SSSR count). The first-order chi connectivity index (χ1) is 18.8. The lowest BCUT2D eigenvalue weighted by Crippen LogP contribution is -2.49. The van der Waals surface area contributed by atoms with Crippen LogP contribution in [0.5, 0.6) is 0 Å². The number of hydrogen-bond donors (Lipinski definition) is 0. The van der Waals surface area contributed by atoms with Crippen LogP contribution in [-0.4, -0.2) is 98.5 Å². The lowest BCUT2D eigenvalue weighted by molar-refractivity contribution is -0.177. The molecule has 0 radical (unpaired) electrons. The number of ether oxygens (including phenoxy) is 2. The van der Waals surface area contributed by atoms with E-state index in [2.05, 4.69) is 20.1 Å². The van der Waals surface area contributed by atoms with Crippen molar-refractivity contribution in [2.75, 3.05) is 70.6 Å². The molecule has 2 saturated heterocycles. The number of rotatable bonds is 10. The monoisotopic (exact) mass is 549 g/mol. The van der Waals surface area contributed by atoms with Gasteiger partial charge in [-0.2, -0.15) is 23.5 Å². The molecule has 2 unspecified atom stereocenters. The van der Waals surface area contributed by atoms with Crippen LogP contribution < -0.4 is 4.90 Å². The zero-order valence-electron chi connectivity index (χ0n) is 21.3. The van der Waals surface area contributed by atoms with Crippen molar-refractivity contribution in [3.63, 3.8) is 0 Å². The van der Waals surface area contributed by atoms with E-state index < -0.39 is 18.0 Å². The number of carbonyl (C=O) groups excluding carboxylic acids is 2. The van der Waals surface area contributed by atoms with Gasteiger partial charge in [0.05, 0.1) is 50.3 Å². The van der Waals surface area contributed by atoms with Crippen LogP contribution in [0.15, 0.2) is 40.5 Å². The second kappa shape index (κ2) is 13.0. The Bertz CT molecular complexity index is 1110. The highest BCUT2D eigenvalue weighted by atomic mass is 19.4. The minimum absolute atomic E-state index is 0.0154. The van der Waals surface area contributed by atoms with Gasteiger partial charge in [-0.15, -0.1) is 5.11 Å². The number of aromatic nitrogens is 1. The molecule has 0 saturated carbocycles. The third-order valence-corrected chi connectivity index (χ3v) is 6.89. The van der Waals surface area contributed by atoms with E-state index in [0.29, 0.717) is 71.1 Å². The third kappa shape index (κ3) is 7.51. The predicted molar refractivity (Wildman–Crippen MR) is 131 cm³/mol. The van der Waals surface area contributed by atoms with E-state index in [1.165, 1.54) is 11.1 Å². The molecule has 3 aliphatic heterocycles. The molecule has 0 N–H and O–H groups in total. The second-order valence-electron chi connectivity index (χ2n) is 9.51. The van der Waals surface area contributed by atoms with E-state index in [4.69, 9.17) is 14.7 Å². The summed E-state index contributed by atoms with van der Waals surface area (Å²) in [5.74, 6) is -2.74. The number of carbonyl (C=O) groups is 2. The fourth-order valence-corrected chi connectivity index (χ4v) is 4.79. The number of nitrogens with zero attached hydrogens (tertiary/aromatic N) is 7. The largest absolute Gasteiger partial charge is 0.406 e. The van der Waals surface area contributed by atoms with Gasteiger partial charge in [-0.3, -0.25) is 9.59 Å². The first-order valence-corrected chi connectivity index (χ1v) is 12.8. The standard InChI is InChI=1S/C25H30F3N7O4/c26-25(27,28)23-20(15-31-32-24(23)37)35-5-3-19(16-35)17-39-12-11-38-10-4-22(36)34-8-6-33(7-9-34)21-2-1-18(13-29)14-30-21/h1-2,14-15,19,23H,3-12,16-17H2. The number of piperazine rings is 1. The number of alkyl halides is 3. The van der Waals surface area contributed by atoms with Crippen molar-refractivity contribution >= 4 is 17.6 Å². The number of pyridine rings is 1. The summed E-state index contributed by atoms with van der Waals surface area (Å²) < 4.78 is 51.2. The maximum absolute atomic E-state index is 13.3. The van der Waals surface area contributed by atoms with Crippen molar-refractivity contribution in [3.8, 4) is 6.07 Å². The van der Waals surface area contributed by atoms with Crippen LogP contribution in [0.1, 0.15) is 18.4 Å². The van der Waals surface area contributed by atoms with Crippen molar-refractivity contribution in [2.24, 2.45) is 22.1 Å². The Hall–Kier alpha value is -3.57. The van der Waals surface area contributed by atoms with Gasteiger partial charge in [-0.25, -0.2) is 4.98 Å². The number of anilines is 1. The van der Waals surface area contributed by atoms with Crippen LogP contribution in [0.3, 0.4) is 0 Å². The first kappa shape index (κ1) is 28.4. The van der Waals surface area contributed by atoms with E-state index in [0.717, 1.165) is 12.0 Å². The molecule has 3 aliphatic rings. The average molecular weight is 550 g/mol. The summed E-state index contributed by atoms with van der Waals surface area (Å²) in [5, 5.41) is 15.4. The molecule has 2 fully saturated rings. The van der Waals surface area contributed by atoms with Crippen LogP contribution >= 0.6 is 0 Å². The highest BCUT2D eigenvalue weighted by Gasteiger charge is 2.50. The molecule has 1 aromatic rings. The fourth-order valence-electron chi connectivity index (χ4n) is 4.79. The lowest BCUT2D eigenvalue weighted by atomic mass is 10.0. The maximum atomic E-state index is 13.3. The van der Waals surface area contributed by atoms with Crippen molar-refractivity contribution in [3.05, 3.63) is 35.8 Å². The van der Waals surface area contributed by atoms with Crippen LogP contribution in [-0.2, 0) is 19.1 Å². The van der Waals surface area contributed by atoms with Crippen LogP contribution in [0.2, 0.25) is 0 Å². The van der Waals surface area contributed by atoms with Gasteiger partial charge in [0, 0.05) is 51.4 Å². The number of halogens is 3. The smallest absolute Gasteiger partial charge is 0.379 e. The zero-order chi connectivity index (χ0) is 27.8. The van der Waals surface area contributed by atoms with Gasteiger partial charge in [0.15, 0.2) is 5.92 Å². The molecule has 0 aromatic carbocycles. The summed E-state index contributed by atoms with van der Waals surface area (Å²) in [6.07, 6.45) is -1.26. The summed E-state index contributed by atoms with van der Waals surface area (Å²) >= 11 is 0. The highest BCUT2D eigenvalue weighted by Crippen LogP contribution is 2.38. The van der Waals surface area contributed by atoms with Gasteiger partial charge in [0.2, 0.25) is 5.91 Å². The number of azo groups is 1. The minimum Gasteiger partial charge on any atom is -0.379 e. The number of amides is 2. The molecule has 11 nitrogen and oxygen atoms in total. The molecule has 2 atom stereocenters. The highest BCUT2D eigenvalue weighted by molar-refractivity contribution is 5.83. The second-order valence-corrected chi connectivity index (χ2v) is 9.51. The van der Waals surface area contributed by atoms with E-state index in [1.807, 2.05) is 6.07 Å². The topological polar surface area (TPSA) is 124 Å². The Morgan fingerprint density at radius 1 is 1.08 bits per heavy atom. The molecular formula is C25H30F3N7O4. The van der Waals surface area contributed by atoms with E-state index >= 15 is 0 Å². The Morgan fingerprint density at radius 3 is 2.54 bits per heavy atom. The lowest BCUT2D eigenvalue weighted by Gasteiger charge is -2.35. The summed E-state index contributed by atoms with van der Waals surface area (Å²) in [7, 11) is 0. The van der Waals surface area contributed by atoms with Gasteiger partial charge in [0.25, 0.3) is 5.91 Å². The van der Waals surface area contributed by atoms with Crippen molar-refractivity contribution < 1.29 is 32.2 Å². The third-order valence-electron chi connectivity index (χ3n) is 6.89. The Balaban J connectivity index is 1.06.